The van der Waals surface area contributed by atoms with Crippen LogP contribution in [-0.4, -0.2) is 0 Å². The third kappa shape index (κ3) is 1.31. The summed E-state index contributed by atoms with van der Waals surface area (Å²) >= 11 is 5.71. The van der Waals surface area contributed by atoms with Gasteiger partial charge in [-0.3, -0.25) is 0 Å². The number of halogens is 2. The van der Waals surface area contributed by atoms with Crippen LogP contribution in [0.1, 0.15) is 0 Å². The molecule has 66 valence electrons. The largest absolute Gasteiger partial charge is 0.419 e. The van der Waals surface area contributed by atoms with E-state index >= 15 is 0 Å². The highest BCUT2D eigenvalue weighted by Crippen LogP contribution is 2.22. The Morgan fingerprint density at radius 2 is 2.15 bits per heavy atom. The molecule has 0 amide bonds. The van der Waals surface area contributed by atoms with Crippen molar-refractivity contribution in [2.75, 3.05) is 0 Å². The molecule has 2 nitrogen and oxygen atoms in total. The number of para-hydroxylation sites is 1. The number of benzene rings is 1. The molecule has 0 radical (unpaired) electrons. The van der Waals surface area contributed by atoms with Gasteiger partial charge in [-0.1, -0.05) is 17.7 Å². The van der Waals surface area contributed by atoms with Crippen molar-refractivity contribution >= 4 is 22.6 Å². The van der Waals surface area contributed by atoms with E-state index in [0.717, 1.165) is 6.07 Å². The van der Waals surface area contributed by atoms with Crippen molar-refractivity contribution in [2.45, 2.75) is 0 Å². The molecule has 0 bridgehead atoms. The predicted molar refractivity (Wildman–Crippen MR) is 47.5 cm³/mol. The molecule has 0 aliphatic heterocycles. The molecular weight excluding hydrogens is 195 g/mol. The SMILES string of the molecule is O=c1cc(Cl)c2cccc(F)c2o1. The summed E-state index contributed by atoms with van der Waals surface area (Å²) in [4.78, 5) is 10.8. The van der Waals surface area contributed by atoms with E-state index in [-0.39, 0.29) is 10.6 Å². The fraction of sp³-hybridized carbons (Fsp3) is 0. The summed E-state index contributed by atoms with van der Waals surface area (Å²) < 4.78 is 17.7. The molecule has 0 atom stereocenters. The quantitative estimate of drug-likeness (QED) is 0.609. The molecule has 13 heavy (non-hydrogen) atoms. The second kappa shape index (κ2) is 2.85. The zero-order chi connectivity index (χ0) is 9.42. The van der Waals surface area contributed by atoms with Crippen LogP contribution < -0.4 is 5.63 Å². The average Bonchev–Trinajstić information content (AvgIpc) is 2.07. The van der Waals surface area contributed by atoms with Gasteiger partial charge in [-0.25, -0.2) is 9.18 Å². The van der Waals surface area contributed by atoms with Gasteiger partial charge < -0.3 is 4.42 Å². The Bertz CT molecular complexity index is 518. The zero-order valence-corrected chi connectivity index (χ0v) is 7.14. The smallest absolute Gasteiger partial charge is 0.337 e. The fourth-order valence-corrected chi connectivity index (χ4v) is 1.35. The van der Waals surface area contributed by atoms with Gasteiger partial charge in [0, 0.05) is 11.5 Å². The summed E-state index contributed by atoms with van der Waals surface area (Å²) in [5.41, 5.74) is -0.748. The standard InChI is InChI=1S/C9H4ClFO2/c10-6-4-8(12)13-9-5(6)2-1-3-7(9)11/h1-4H. The van der Waals surface area contributed by atoms with E-state index in [2.05, 4.69) is 4.42 Å². The lowest BCUT2D eigenvalue weighted by Gasteiger charge is -1.98. The number of fused-ring (bicyclic) bond motifs is 1. The van der Waals surface area contributed by atoms with Crippen molar-refractivity contribution in [1.82, 2.24) is 0 Å². The van der Waals surface area contributed by atoms with Crippen molar-refractivity contribution in [3.05, 3.63) is 45.5 Å². The molecule has 1 aromatic carbocycles. The molecule has 1 aromatic heterocycles. The monoisotopic (exact) mass is 198 g/mol. The highest BCUT2D eigenvalue weighted by Gasteiger charge is 2.06. The Labute approximate surface area is 77.5 Å². The van der Waals surface area contributed by atoms with Gasteiger partial charge in [0.25, 0.3) is 0 Å². The molecule has 0 saturated carbocycles. The van der Waals surface area contributed by atoms with Crippen LogP contribution in [-0.2, 0) is 0 Å². The van der Waals surface area contributed by atoms with E-state index in [1.165, 1.54) is 12.1 Å². The second-order valence-corrected chi connectivity index (χ2v) is 2.94. The lowest BCUT2D eigenvalue weighted by atomic mass is 10.2. The second-order valence-electron chi connectivity index (χ2n) is 2.53. The maximum atomic E-state index is 13.1. The normalized spacial score (nSPS) is 10.6. The molecule has 0 unspecified atom stereocenters. The van der Waals surface area contributed by atoms with Crippen LogP contribution in [0.5, 0.6) is 0 Å². The number of rotatable bonds is 0. The van der Waals surface area contributed by atoms with Gasteiger partial charge in [-0.2, -0.15) is 0 Å². The van der Waals surface area contributed by atoms with Crippen LogP contribution in [0.2, 0.25) is 5.02 Å². The molecule has 2 rings (SSSR count). The number of hydrogen-bond acceptors (Lipinski definition) is 2. The third-order valence-corrected chi connectivity index (χ3v) is 1.98. The first-order valence-electron chi connectivity index (χ1n) is 3.56. The van der Waals surface area contributed by atoms with Gasteiger partial charge in [0.2, 0.25) is 0 Å². The van der Waals surface area contributed by atoms with Crippen LogP contribution in [0.4, 0.5) is 4.39 Å². The van der Waals surface area contributed by atoms with Gasteiger partial charge in [0.15, 0.2) is 11.4 Å². The van der Waals surface area contributed by atoms with Gasteiger partial charge in [-0.15, -0.1) is 0 Å². The van der Waals surface area contributed by atoms with E-state index in [1.807, 2.05) is 0 Å². The van der Waals surface area contributed by atoms with Crippen molar-refractivity contribution in [3.8, 4) is 0 Å². The molecule has 0 aliphatic carbocycles. The topological polar surface area (TPSA) is 30.2 Å². The lowest BCUT2D eigenvalue weighted by Crippen LogP contribution is -1.96. The Morgan fingerprint density at radius 3 is 2.92 bits per heavy atom. The van der Waals surface area contributed by atoms with E-state index in [4.69, 9.17) is 11.6 Å². The molecule has 0 spiro atoms. The minimum absolute atomic E-state index is 0.0972. The first-order chi connectivity index (χ1) is 6.18. The van der Waals surface area contributed by atoms with Crippen molar-refractivity contribution < 1.29 is 8.81 Å². The molecule has 2 aromatic rings. The Balaban J connectivity index is 3.03. The molecular formula is C9H4ClFO2. The molecule has 0 saturated heterocycles. The molecule has 4 heteroatoms. The van der Waals surface area contributed by atoms with Crippen molar-refractivity contribution in [1.29, 1.82) is 0 Å². The summed E-state index contributed by atoms with van der Waals surface area (Å²) in [5.74, 6) is -0.586. The van der Waals surface area contributed by atoms with Crippen LogP contribution in [0, 0.1) is 5.82 Å². The van der Waals surface area contributed by atoms with Crippen LogP contribution in [0.15, 0.2) is 33.5 Å². The highest BCUT2D eigenvalue weighted by molar-refractivity contribution is 6.35. The van der Waals surface area contributed by atoms with Crippen molar-refractivity contribution in [3.63, 3.8) is 0 Å². The van der Waals surface area contributed by atoms with E-state index in [1.54, 1.807) is 6.07 Å². The first-order valence-corrected chi connectivity index (χ1v) is 3.94. The summed E-state index contributed by atoms with van der Waals surface area (Å²) in [6.07, 6.45) is 0. The minimum atomic E-state index is -0.650. The average molecular weight is 199 g/mol. The minimum Gasteiger partial charge on any atom is -0.419 e. The fourth-order valence-electron chi connectivity index (χ4n) is 1.11. The maximum Gasteiger partial charge on any atom is 0.337 e. The summed E-state index contributed by atoms with van der Waals surface area (Å²) in [7, 11) is 0. The predicted octanol–water partition coefficient (Wildman–Crippen LogP) is 2.59. The van der Waals surface area contributed by atoms with Crippen LogP contribution in [0.25, 0.3) is 11.0 Å². The number of hydrogen-bond donors (Lipinski definition) is 0. The van der Waals surface area contributed by atoms with Crippen molar-refractivity contribution in [2.24, 2.45) is 0 Å². The van der Waals surface area contributed by atoms with Gasteiger partial charge in [0.1, 0.15) is 0 Å². The highest BCUT2D eigenvalue weighted by atomic mass is 35.5. The Kier molecular flexibility index (Phi) is 1.81. The Hall–Kier alpha value is -1.35. The Morgan fingerprint density at radius 1 is 1.38 bits per heavy atom. The van der Waals surface area contributed by atoms with Crippen LogP contribution in [0.3, 0.4) is 0 Å². The van der Waals surface area contributed by atoms with Gasteiger partial charge >= 0.3 is 5.63 Å². The van der Waals surface area contributed by atoms with E-state index < -0.39 is 11.4 Å². The van der Waals surface area contributed by atoms with Gasteiger partial charge in [0.05, 0.1) is 5.02 Å². The summed E-state index contributed by atoms with van der Waals surface area (Å²) in [6.45, 7) is 0. The molecule has 0 fully saturated rings. The van der Waals surface area contributed by atoms with Gasteiger partial charge in [-0.05, 0) is 12.1 Å². The maximum absolute atomic E-state index is 13.1. The van der Waals surface area contributed by atoms with Crippen LogP contribution >= 0.6 is 11.6 Å². The van der Waals surface area contributed by atoms with E-state index in [9.17, 15) is 9.18 Å². The molecule has 0 N–H and O–H groups in total. The zero-order valence-electron chi connectivity index (χ0n) is 6.38. The first kappa shape index (κ1) is 8.26. The molecule has 0 aliphatic rings. The van der Waals surface area contributed by atoms with E-state index in [0.29, 0.717) is 5.39 Å². The summed E-state index contributed by atoms with van der Waals surface area (Å²) in [6, 6.07) is 5.41. The lowest BCUT2D eigenvalue weighted by molar-refractivity contribution is 0.524. The third-order valence-electron chi connectivity index (χ3n) is 1.67. The summed E-state index contributed by atoms with van der Waals surface area (Å²) in [5, 5.41) is 0.604. The molecule has 1 heterocycles.